The van der Waals surface area contributed by atoms with Gasteiger partial charge in [0.2, 0.25) is 10.0 Å². The highest BCUT2D eigenvalue weighted by atomic mass is 32.2. The smallest absolute Gasteiger partial charge is 0.240 e. The van der Waals surface area contributed by atoms with Crippen molar-refractivity contribution in [1.29, 1.82) is 0 Å². The fourth-order valence-corrected chi connectivity index (χ4v) is 3.64. The summed E-state index contributed by atoms with van der Waals surface area (Å²) in [6, 6.07) is 4.83. The van der Waals surface area contributed by atoms with E-state index in [2.05, 4.69) is 4.72 Å². The molecular formula is C13H22N2O3S2. The minimum absolute atomic E-state index is 0.168. The molecule has 0 atom stereocenters. The quantitative estimate of drug-likeness (QED) is 0.470. The Morgan fingerprint density at radius 2 is 2.10 bits per heavy atom. The summed E-state index contributed by atoms with van der Waals surface area (Å²) in [4.78, 5) is 0.201. The van der Waals surface area contributed by atoms with Crippen LogP contribution in [0.5, 0.6) is 0 Å². The van der Waals surface area contributed by atoms with E-state index >= 15 is 0 Å². The van der Waals surface area contributed by atoms with E-state index in [0.29, 0.717) is 18.0 Å². The van der Waals surface area contributed by atoms with Crippen molar-refractivity contribution in [3.8, 4) is 0 Å². The molecule has 0 aliphatic carbocycles. The largest absolute Gasteiger partial charge is 0.398 e. The second kappa shape index (κ2) is 8.51. The molecule has 0 bridgehead atoms. The molecule has 7 heteroatoms. The summed E-state index contributed by atoms with van der Waals surface area (Å²) in [7, 11) is -3.49. The number of nitrogens with one attached hydrogen (secondary N) is 1. The maximum absolute atomic E-state index is 12.1. The maximum atomic E-state index is 12.1. The molecule has 1 rings (SSSR count). The van der Waals surface area contributed by atoms with Gasteiger partial charge in [-0.25, -0.2) is 13.1 Å². The molecule has 0 heterocycles. The Balaban J connectivity index is 2.54. The maximum Gasteiger partial charge on any atom is 0.240 e. The number of benzene rings is 1. The molecule has 0 amide bonds. The van der Waals surface area contributed by atoms with Crippen LogP contribution in [-0.2, 0) is 16.4 Å². The topological polar surface area (TPSA) is 92.4 Å². The SMILES string of the molecule is CCc1ccc(S(=O)(=O)NCCSCCCO)cc1N. The van der Waals surface area contributed by atoms with Crippen LogP contribution < -0.4 is 10.5 Å². The number of aliphatic hydroxyl groups excluding tert-OH is 1. The Morgan fingerprint density at radius 1 is 1.35 bits per heavy atom. The zero-order valence-electron chi connectivity index (χ0n) is 11.6. The molecule has 0 unspecified atom stereocenters. The Labute approximate surface area is 125 Å². The highest BCUT2D eigenvalue weighted by Gasteiger charge is 2.14. The number of rotatable bonds is 9. The lowest BCUT2D eigenvalue weighted by Crippen LogP contribution is -2.26. The minimum atomic E-state index is -3.49. The Morgan fingerprint density at radius 3 is 2.70 bits per heavy atom. The van der Waals surface area contributed by atoms with Crippen LogP contribution in [0.1, 0.15) is 18.9 Å². The van der Waals surface area contributed by atoms with Crippen molar-refractivity contribution in [1.82, 2.24) is 4.72 Å². The fourth-order valence-electron chi connectivity index (χ4n) is 1.66. The predicted octanol–water partition coefficient (Wildman–Crippen LogP) is 1.23. The molecule has 0 saturated carbocycles. The number of aryl methyl sites for hydroxylation is 1. The van der Waals surface area contributed by atoms with Crippen LogP contribution in [0.2, 0.25) is 0 Å². The molecule has 114 valence electrons. The standard InChI is InChI=1S/C13H22N2O3S2/c1-2-11-4-5-12(10-13(11)14)20(17,18)15-6-9-19-8-3-7-16/h4-5,10,15-16H,2-3,6-9,14H2,1H3. The normalized spacial score (nSPS) is 11.7. The van der Waals surface area contributed by atoms with Crippen molar-refractivity contribution in [3.63, 3.8) is 0 Å². The Bertz CT molecular complexity index is 518. The van der Waals surface area contributed by atoms with Crippen LogP contribution in [0.3, 0.4) is 0 Å². The van der Waals surface area contributed by atoms with Crippen LogP contribution in [0.15, 0.2) is 23.1 Å². The van der Waals surface area contributed by atoms with E-state index in [-0.39, 0.29) is 11.5 Å². The van der Waals surface area contributed by atoms with Gasteiger partial charge in [-0.05, 0) is 36.3 Å². The zero-order chi connectivity index (χ0) is 15.0. The number of aliphatic hydroxyl groups is 1. The van der Waals surface area contributed by atoms with E-state index in [4.69, 9.17) is 10.8 Å². The third kappa shape index (κ3) is 5.32. The van der Waals surface area contributed by atoms with E-state index < -0.39 is 10.0 Å². The van der Waals surface area contributed by atoms with Gasteiger partial charge in [0.15, 0.2) is 0 Å². The van der Waals surface area contributed by atoms with Crippen LogP contribution in [0, 0.1) is 0 Å². The van der Waals surface area contributed by atoms with E-state index in [1.54, 1.807) is 23.9 Å². The van der Waals surface area contributed by atoms with Crippen LogP contribution in [-0.4, -0.2) is 38.2 Å². The van der Waals surface area contributed by atoms with E-state index in [1.807, 2.05) is 6.92 Å². The highest BCUT2D eigenvalue weighted by Crippen LogP contribution is 2.18. The first-order chi connectivity index (χ1) is 9.51. The van der Waals surface area contributed by atoms with Crippen molar-refractivity contribution in [2.45, 2.75) is 24.7 Å². The van der Waals surface area contributed by atoms with E-state index in [1.165, 1.54) is 6.07 Å². The monoisotopic (exact) mass is 318 g/mol. The zero-order valence-corrected chi connectivity index (χ0v) is 13.3. The van der Waals surface area contributed by atoms with Crippen molar-refractivity contribution < 1.29 is 13.5 Å². The van der Waals surface area contributed by atoms with Gasteiger partial charge >= 0.3 is 0 Å². The third-order valence-corrected chi connectivity index (χ3v) is 5.32. The molecule has 1 aromatic rings. The molecule has 0 radical (unpaired) electrons. The molecule has 0 aliphatic heterocycles. The number of anilines is 1. The summed E-state index contributed by atoms with van der Waals surface area (Å²) in [5, 5.41) is 8.63. The lowest BCUT2D eigenvalue weighted by molar-refractivity contribution is 0.296. The van der Waals surface area contributed by atoms with Gasteiger partial charge in [-0.15, -0.1) is 0 Å². The third-order valence-electron chi connectivity index (χ3n) is 2.79. The van der Waals surface area contributed by atoms with Crippen molar-refractivity contribution in [2.24, 2.45) is 0 Å². The first-order valence-electron chi connectivity index (χ1n) is 6.58. The molecule has 0 saturated heterocycles. The van der Waals surface area contributed by atoms with Gasteiger partial charge in [0, 0.05) is 24.6 Å². The summed E-state index contributed by atoms with van der Waals surface area (Å²) in [6.45, 7) is 2.51. The molecule has 0 aliphatic rings. The average molecular weight is 318 g/mol. The second-order valence-electron chi connectivity index (χ2n) is 4.30. The first-order valence-corrected chi connectivity index (χ1v) is 9.21. The van der Waals surface area contributed by atoms with Gasteiger partial charge in [-0.2, -0.15) is 11.8 Å². The van der Waals surface area contributed by atoms with E-state index in [0.717, 1.165) is 24.2 Å². The molecule has 20 heavy (non-hydrogen) atoms. The Hall–Kier alpha value is -0.760. The number of hydrogen-bond acceptors (Lipinski definition) is 5. The molecule has 0 spiro atoms. The number of nitrogen functional groups attached to an aromatic ring is 1. The summed E-state index contributed by atoms with van der Waals surface area (Å²) in [5.74, 6) is 1.51. The minimum Gasteiger partial charge on any atom is -0.398 e. The van der Waals surface area contributed by atoms with Gasteiger partial charge in [0.1, 0.15) is 0 Å². The van der Waals surface area contributed by atoms with E-state index in [9.17, 15) is 8.42 Å². The Kier molecular flexibility index (Phi) is 7.36. The molecule has 5 nitrogen and oxygen atoms in total. The summed E-state index contributed by atoms with van der Waals surface area (Å²) >= 11 is 1.61. The number of thioether (sulfide) groups is 1. The number of hydrogen-bond donors (Lipinski definition) is 3. The molecule has 0 fully saturated rings. The summed E-state index contributed by atoms with van der Waals surface area (Å²) in [5.41, 5.74) is 7.27. The van der Waals surface area contributed by atoms with Gasteiger partial charge in [-0.3, -0.25) is 0 Å². The van der Waals surface area contributed by atoms with Crippen molar-refractivity contribution >= 4 is 27.5 Å². The molecule has 0 aromatic heterocycles. The second-order valence-corrected chi connectivity index (χ2v) is 7.29. The van der Waals surface area contributed by atoms with Crippen molar-refractivity contribution in [2.75, 3.05) is 30.4 Å². The summed E-state index contributed by atoms with van der Waals surface area (Å²) in [6.07, 6.45) is 1.51. The van der Waals surface area contributed by atoms with Crippen LogP contribution in [0.4, 0.5) is 5.69 Å². The number of nitrogens with two attached hydrogens (primary N) is 1. The van der Waals surface area contributed by atoms with Crippen LogP contribution >= 0.6 is 11.8 Å². The van der Waals surface area contributed by atoms with Gasteiger partial charge in [0.05, 0.1) is 4.90 Å². The fraction of sp³-hybridized carbons (Fsp3) is 0.538. The first kappa shape index (κ1) is 17.3. The number of sulfonamides is 1. The summed E-state index contributed by atoms with van der Waals surface area (Å²) < 4.78 is 26.7. The van der Waals surface area contributed by atoms with Gasteiger partial charge in [0.25, 0.3) is 0 Å². The molecule has 4 N–H and O–H groups in total. The molecule has 1 aromatic carbocycles. The lowest BCUT2D eigenvalue weighted by Gasteiger charge is -2.09. The lowest BCUT2D eigenvalue weighted by atomic mass is 10.1. The van der Waals surface area contributed by atoms with Crippen molar-refractivity contribution in [3.05, 3.63) is 23.8 Å². The molecular weight excluding hydrogens is 296 g/mol. The van der Waals surface area contributed by atoms with Crippen LogP contribution in [0.25, 0.3) is 0 Å². The predicted molar refractivity (Wildman–Crippen MR) is 84.4 cm³/mol. The average Bonchev–Trinajstić information content (AvgIpc) is 2.42. The van der Waals surface area contributed by atoms with Gasteiger partial charge < -0.3 is 10.8 Å². The van der Waals surface area contributed by atoms with Gasteiger partial charge in [-0.1, -0.05) is 13.0 Å². The highest BCUT2D eigenvalue weighted by molar-refractivity contribution is 7.99.